The number of para-hydroxylation sites is 1. The van der Waals surface area contributed by atoms with Gasteiger partial charge in [-0.3, -0.25) is 4.79 Å². The summed E-state index contributed by atoms with van der Waals surface area (Å²) in [5, 5.41) is 11.7. The molecule has 2 aromatic heterocycles. The first-order valence-corrected chi connectivity index (χ1v) is 13.2. The van der Waals surface area contributed by atoms with Crippen LogP contribution in [-0.4, -0.2) is 44.8 Å². The zero-order valence-electron chi connectivity index (χ0n) is 22.5. The number of ether oxygens (including phenoxy) is 1. The number of amides is 1. The van der Waals surface area contributed by atoms with E-state index >= 15 is 0 Å². The Morgan fingerprint density at radius 3 is 2.31 bits per heavy atom. The van der Waals surface area contributed by atoms with E-state index < -0.39 is 0 Å². The van der Waals surface area contributed by atoms with E-state index in [0.29, 0.717) is 11.6 Å². The monoisotopic (exact) mass is 549 g/mol. The number of carbonyl (C=O) groups is 1. The van der Waals surface area contributed by atoms with Gasteiger partial charge in [-0.15, -0.1) is 12.4 Å². The molecule has 10 heteroatoms. The number of hydrogen-bond acceptors (Lipinski definition) is 7. The number of halogens is 1. The quantitative estimate of drug-likeness (QED) is 0.278. The molecule has 2 heterocycles. The molecular formula is C29H36ClN7O2. The van der Waals surface area contributed by atoms with Gasteiger partial charge in [0.1, 0.15) is 17.3 Å². The molecule has 4 aromatic rings. The van der Waals surface area contributed by atoms with E-state index in [-0.39, 0.29) is 42.4 Å². The predicted octanol–water partition coefficient (Wildman–Crippen LogP) is 5.13. The molecule has 1 aliphatic rings. The van der Waals surface area contributed by atoms with Gasteiger partial charge in [0.05, 0.1) is 23.7 Å². The van der Waals surface area contributed by atoms with Gasteiger partial charge in [-0.2, -0.15) is 5.10 Å². The number of rotatable bonds is 8. The van der Waals surface area contributed by atoms with Crippen molar-refractivity contribution in [1.29, 1.82) is 0 Å². The minimum atomic E-state index is -0.181. The highest BCUT2D eigenvalue weighted by Crippen LogP contribution is 2.33. The van der Waals surface area contributed by atoms with Crippen LogP contribution >= 0.6 is 12.4 Å². The summed E-state index contributed by atoms with van der Waals surface area (Å²) in [6.07, 6.45) is 5.33. The SMILES string of the molecule is CN[C@@H](C(=O)NC1CCC(n2ncc3c(N)nc(-c4ccc(Oc5ccccc5)cc4)nc32)CC1)C(C)C.Cl. The maximum atomic E-state index is 12.7. The van der Waals surface area contributed by atoms with Crippen molar-refractivity contribution in [3.05, 3.63) is 60.8 Å². The summed E-state index contributed by atoms with van der Waals surface area (Å²) in [4.78, 5) is 22.1. The molecule has 0 unspecified atom stereocenters. The van der Waals surface area contributed by atoms with Crippen molar-refractivity contribution in [1.82, 2.24) is 30.4 Å². The Hall–Kier alpha value is -3.69. The van der Waals surface area contributed by atoms with Crippen molar-refractivity contribution in [2.75, 3.05) is 12.8 Å². The van der Waals surface area contributed by atoms with Gasteiger partial charge in [0.15, 0.2) is 11.5 Å². The minimum absolute atomic E-state index is 0. The molecule has 206 valence electrons. The van der Waals surface area contributed by atoms with Gasteiger partial charge >= 0.3 is 0 Å². The predicted molar refractivity (Wildman–Crippen MR) is 156 cm³/mol. The molecular weight excluding hydrogens is 514 g/mol. The Bertz CT molecular complexity index is 1380. The van der Waals surface area contributed by atoms with Crippen LogP contribution in [0.1, 0.15) is 45.6 Å². The molecule has 1 amide bonds. The molecule has 5 rings (SSSR count). The zero-order chi connectivity index (χ0) is 26.6. The van der Waals surface area contributed by atoms with Crippen LogP contribution < -0.4 is 21.1 Å². The highest BCUT2D eigenvalue weighted by atomic mass is 35.5. The first-order chi connectivity index (χ1) is 18.4. The second kappa shape index (κ2) is 12.4. The lowest BCUT2D eigenvalue weighted by molar-refractivity contribution is -0.125. The highest BCUT2D eigenvalue weighted by Gasteiger charge is 2.28. The van der Waals surface area contributed by atoms with Gasteiger partial charge in [-0.05, 0) is 75.0 Å². The second-order valence-electron chi connectivity index (χ2n) is 10.2. The summed E-state index contributed by atoms with van der Waals surface area (Å²) >= 11 is 0. The summed E-state index contributed by atoms with van der Waals surface area (Å²) in [7, 11) is 1.83. The number of nitrogen functional groups attached to an aromatic ring is 1. The van der Waals surface area contributed by atoms with Crippen LogP contribution in [0.15, 0.2) is 60.8 Å². The van der Waals surface area contributed by atoms with E-state index in [1.54, 1.807) is 6.20 Å². The lowest BCUT2D eigenvalue weighted by Crippen LogP contribution is -2.50. The molecule has 1 atom stereocenters. The number of anilines is 1. The summed E-state index contributed by atoms with van der Waals surface area (Å²) in [6.45, 7) is 4.10. The molecule has 0 aliphatic heterocycles. The fourth-order valence-electron chi connectivity index (χ4n) is 5.16. The first kappa shape index (κ1) is 28.3. The largest absolute Gasteiger partial charge is 0.457 e. The van der Waals surface area contributed by atoms with E-state index in [1.165, 1.54) is 0 Å². The number of nitrogens with zero attached hydrogens (tertiary/aromatic N) is 4. The van der Waals surface area contributed by atoms with Crippen molar-refractivity contribution < 1.29 is 9.53 Å². The van der Waals surface area contributed by atoms with Gasteiger partial charge in [-0.1, -0.05) is 32.0 Å². The van der Waals surface area contributed by atoms with Gasteiger partial charge < -0.3 is 21.1 Å². The molecule has 2 aromatic carbocycles. The third-order valence-corrected chi connectivity index (χ3v) is 7.22. The third kappa shape index (κ3) is 6.32. The molecule has 0 spiro atoms. The van der Waals surface area contributed by atoms with Crippen LogP contribution in [0.5, 0.6) is 11.5 Å². The van der Waals surface area contributed by atoms with Crippen molar-refractivity contribution in [2.24, 2.45) is 5.92 Å². The standard InChI is InChI=1S/C29H35N7O2.ClH/c1-18(2)25(31-3)29(37)33-20-11-13-21(14-12-20)36-28-24(17-32-36)26(30)34-27(35-28)19-9-15-23(16-10-19)38-22-7-5-4-6-8-22;/h4-10,15-18,20-21,25,31H,11-14H2,1-3H3,(H,33,37)(H2,30,34,35);1H/t20?,21?,25-;/m1./s1. The van der Waals surface area contributed by atoms with Crippen molar-refractivity contribution in [2.45, 2.75) is 57.7 Å². The molecule has 1 aliphatic carbocycles. The Balaban J connectivity index is 0.00000353. The summed E-state index contributed by atoms with van der Waals surface area (Å²) in [6, 6.07) is 17.5. The van der Waals surface area contributed by atoms with E-state index in [2.05, 4.69) is 34.6 Å². The fraction of sp³-hybridized carbons (Fsp3) is 0.379. The Labute approximate surface area is 235 Å². The maximum Gasteiger partial charge on any atom is 0.237 e. The van der Waals surface area contributed by atoms with E-state index in [9.17, 15) is 4.79 Å². The van der Waals surface area contributed by atoms with Crippen LogP contribution in [0.2, 0.25) is 0 Å². The summed E-state index contributed by atoms with van der Waals surface area (Å²) in [5.41, 5.74) is 7.91. The molecule has 1 fully saturated rings. The lowest BCUT2D eigenvalue weighted by Gasteiger charge is -2.31. The van der Waals surface area contributed by atoms with Gasteiger partial charge in [-0.25, -0.2) is 14.6 Å². The Morgan fingerprint density at radius 1 is 1.00 bits per heavy atom. The van der Waals surface area contributed by atoms with Crippen molar-refractivity contribution >= 4 is 35.2 Å². The smallest absolute Gasteiger partial charge is 0.237 e. The van der Waals surface area contributed by atoms with Crippen LogP contribution in [0, 0.1) is 5.92 Å². The van der Waals surface area contributed by atoms with Crippen LogP contribution in [0.25, 0.3) is 22.4 Å². The third-order valence-electron chi connectivity index (χ3n) is 7.22. The Morgan fingerprint density at radius 2 is 1.67 bits per heavy atom. The Kier molecular flexibility index (Phi) is 9.04. The van der Waals surface area contributed by atoms with Crippen molar-refractivity contribution in [3.63, 3.8) is 0 Å². The molecule has 9 nitrogen and oxygen atoms in total. The average Bonchev–Trinajstić information content (AvgIpc) is 3.35. The summed E-state index contributed by atoms with van der Waals surface area (Å²) < 4.78 is 7.88. The van der Waals surface area contributed by atoms with Crippen LogP contribution in [-0.2, 0) is 4.79 Å². The summed E-state index contributed by atoms with van der Waals surface area (Å²) in [5.74, 6) is 2.78. The molecule has 0 saturated heterocycles. The highest BCUT2D eigenvalue weighted by molar-refractivity contribution is 5.87. The van der Waals surface area contributed by atoms with Gasteiger partial charge in [0.25, 0.3) is 0 Å². The number of carbonyl (C=O) groups excluding carboxylic acids is 1. The average molecular weight is 550 g/mol. The number of nitrogens with two attached hydrogens (primary N) is 1. The number of fused-ring (bicyclic) bond motifs is 1. The molecule has 1 saturated carbocycles. The van der Waals surface area contributed by atoms with Crippen LogP contribution in [0.3, 0.4) is 0 Å². The number of aromatic nitrogens is 4. The lowest BCUT2D eigenvalue weighted by atomic mass is 9.90. The minimum Gasteiger partial charge on any atom is -0.457 e. The van der Waals surface area contributed by atoms with Gasteiger partial charge in [0, 0.05) is 11.6 Å². The van der Waals surface area contributed by atoms with Crippen molar-refractivity contribution in [3.8, 4) is 22.9 Å². The maximum absolute atomic E-state index is 12.7. The topological polar surface area (TPSA) is 120 Å². The molecule has 0 radical (unpaired) electrons. The van der Waals surface area contributed by atoms with E-state index in [0.717, 1.165) is 53.8 Å². The fourth-order valence-corrected chi connectivity index (χ4v) is 5.16. The number of benzene rings is 2. The van der Waals surface area contributed by atoms with E-state index in [1.807, 2.05) is 66.3 Å². The number of likely N-dealkylation sites (N-methyl/N-ethyl adjacent to an activating group) is 1. The van der Waals surface area contributed by atoms with E-state index in [4.69, 9.17) is 15.5 Å². The molecule has 39 heavy (non-hydrogen) atoms. The number of hydrogen-bond donors (Lipinski definition) is 3. The molecule has 0 bridgehead atoms. The second-order valence-corrected chi connectivity index (χ2v) is 10.2. The zero-order valence-corrected chi connectivity index (χ0v) is 23.3. The van der Waals surface area contributed by atoms with Crippen LogP contribution in [0.4, 0.5) is 5.82 Å². The van der Waals surface area contributed by atoms with Gasteiger partial charge in [0.2, 0.25) is 5.91 Å². The first-order valence-electron chi connectivity index (χ1n) is 13.2. The normalized spacial score (nSPS) is 17.9. The molecule has 4 N–H and O–H groups in total. The number of nitrogens with one attached hydrogen (secondary N) is 2.